The highest BCUT2D eigenvalue weighted by atomic mass is 79.9. The van der Waals surface area contributed by atoms with E-state index >= 15 is 0 Å². The molecule has 0 fully saturated rings. The van der Waals surface area contributed by atoms with Gasteiger partial charge >= 0.3 is 12.3 Å². The molecule has 0 bridgehead atoms. The maximum absolute atomic E-state index is 12.8. The van der Waals surface area contributed by atoms with E-state index in [2.05, 4.69) is 33.1 Å². The number of nitrogens with one attached hydrogen (secondary N) is 1. The normalized spacial score (nSPS) is 10.6. The molecule has 1 N–H and O–H groups in total. The Labute approximate surface area is 151 Å². The summed E-state index contributed by atoms with van der Waals surface area (Å²) in [4.78, 5) is 11.5. The summed E-state index contributed by atoms with van der Waals surface area (Å²) in [5.41, 5.74) is 0.253. The molecule has 7 heteroatoms. The minimum Gasteiger partial charge on any atom is -0.445 e. The Morgan fingerprint density at radius 3 is 2.56 bits per heavy atom. The summed E-state index contributed by atoms with van der Waals surface area (Å²) in [6, 6.07) is 12.8. The van der Waals surface area contributed by atoms with Gasteiger partial charge in [-0.25, -0.2) is 4.79 Å². The molecule has 2 aromatic carbocycles. The fraction of sp³-hybridized carbons (Fsp3) is 0.167. The van der Waals surface area contributed by atoms with Crippen molar-refractivity contribution in [3.8, 4) is 11.8 Å². The lowest BCUT2D eigenvalue weighted by molar-refractivity contribution is -0.138. The van der Waals surface area contributed by atoms with Crippen LogP contribution in [0.3, 0.4) is 0 Å². The van der Waals surface area contributed by atoms with Crippen LogP contribution >= 0.6 is 15.9 Å². The molecule has 2 rings (SSSR count). The lowest BCUT2D eigenvalue weighted by atomic mass is 10.1. The third kappa shape index (κ3) is 6.16. The number of ether oxygens (including phenoxy) is 1. The molecule has 130 valence electrons. The van der Waals surface area contributed by atoms with Crippen molar-refractivity contribution in [2.45, 2.75) is 12.8 Å². The number of carbonyl (C=O) groups excluding carboxylic acids is 1. The zero-order valence-electron chi connectivity index (χ0n) is 12.9. The minimum atomic E-state index is -4.46. The highest BCUT2D eigenvalue weighted by molar-refractivity contribution is 9.10. The van der Waals surface area contributed by atoms with Crippen LogP contribution in [0.4, 0.5) is 18.0 Å². The Morgan fingerprint density at radius 2 is 1.88 bits per heavy atom. The van der Waals surface area contributed by atoms with E-state index in [9.17, 15) is 18.0 Å². The molecule has 0 atom stereocenters. The molecule has 3 nitrogen and oxygen atoms in total. The fourth-order valence-corrected chi connectivity index (χ4v) is 2.33. The van der Waals surface area contributed by atoms with Gasteiger partial charge in [0.05, 0.1) is 12.1 Å². The number of carbonyl (C=O) groups is 1. The SMILES string of the molecule is O=C(NCC#Cc1ccc(Br)c(C(F)(F)F)c1)OCc1ccccc1. The van der Waals surface area contributed by atoms with Crippen molar-refractivity contribution in [2.24, 2.45) is 0 Å². The number of alkyl halides is 3. The monoisotopic (exact) mass is 411 g/mol. The molecular formula is C18H13BrF3NO2. The summed E-state index contributed by atoms with van der Waals surface area (Å²) in [5, 5.41) is 2.41. The van der Waals surface area contributed by atoms with Crippen LogP contribution < -0.4 is 5.32 Å². The molecule has 0 spiro atoms. The summed E-state index contributed by atoms with van der Waals surface area (Å²) in [6.07, 6.45) is -5.11. The number of halogens is 4. The Hall–Kier alpha value is -2.46. The van der Waals surface area contributed by atoms with Crippen molar-refractivity contribution in [3.63, 3.8) is 0 Å². The molecule has 0 aliphatic carbocycles. The lowest BCUT2D eigenvalue weighted by Gasteiger charge is -2.08. The molecule has 0 saturated carbocycles. The summed E-state index contributed by atoms with van der Waals surface area (Å²) < 4.78 is 43.3. The van der Waals surface area contributed by atoms with Crippen LogP contribution in [-0.2, 0) is 17.5 Å². The van der Waals surface area contributed by atoms with Crippen molar-refractivity contribution >= 4 is 22.0 Å². The molecule has 0 radical (unpaired) electrons. The van der Waals surface area contributed by atoms with Crippen LogP contribution in [0.15, 0.2) is 53.0 Å². The number of hydrogen-bond donors (Lipinski definition) is 1. The zero-order valence-corrected chi connectivity index (χ0v) is 14.4. The van der Waals surface area contributed by atoms with Gasteiger partial charge in [-0.05, 0) is 23.8 Å². The van der Waals surface area contributed by atoms with Gasteiger partial charge in [0.15, 0.2) is 0 Å². The molecule has 2 aromatic rings. The molecule has 0 saturated heterocycles. The molecule has 0 unspecified atom stereocenters. The average Bonchev–Trinajstić information content (AvgIpc) is 2.58. The van der Waals surface area contributed by atoms with Gasteiger partial charge in [0.1, 0.15) is 6.61 Å². The summed E-state index contributed by atoms with van der Waals surface area (Å²) in [5.74, 6) is 5.16. The first kappa shape index (κ1) is 18.9. The Bertz CT molecular complexity index is 795. The number of benzene rings is 2. The first-order chi connectivity index (χ1) is 11.9. The third-order valence-electron chi connectivity index (χ3n) is 3.04. The van der Waals surface area contributed by atoms with E-state index in [0.29, 0.717) is 0 Å². The Balaban J connectivity index is 1.85. The summed E-state index contributed by atoms with van der Waals surface area (Å²) in [7, 11) is 0. The second-order valence-corrected chi connectivity index (χ2v) is 5.76. The molecule has 25 heavy (non-hydrogen) atoms. The van der Waals surface area contributed by atoms with Gasteiger partial charge in [0.25, 0.3) is 0 Å². The van der Waals surface area contributed by atoms with Crippen molar-refractivity contribution in [1.82, 2.24) is 5.32 Å². The zero-order chi connectivity index (χ0) is 18.3. The molecule has 0 aromatic heterocycles. The van der Waals surface area contributed by atoms with E-state index in [0.717, 1.165) is 11.6 Å². The van der Waals surface area contributed by atoms with E-state index in [1.807, 2.05) is 30.3 Å². The first-order valence-corrected chi connectivity index (χ1v) is 7.96. The first-order valence-electron chi connectivity index (χ1n) is 7.16. The largest absolute Gasteiger partial charge is 0.445 e. The van der Waals surface area contributed by atoms with Gasteiger partial charge < -0.3 is 10.1 Å². The van der Waals surface area contributed by atoms with Crippen LogP contribution in [0.25, 0.3) is 0 Å². The quantitative estimate of drug-likeness (QED) is 0.740. The van der Waals surface area contributed by atoms with E-state index in [1.165, 1.54) is 12.1 Å². The second kappa shape index (κ2) is 8.58. The van der Waals surface area contributed by atoms with Gasteiger partial charge in [-0.2, -0.15) is 13.2 Å². The highest BCUT2D eigenvalue weighted by Crippen LogP contribution is 2.35. The van der Waals surface area contributed by atoms with Crippen molar-refractivity contribution < 1.29 is 22.7 Å². The number of alkyl carbamates (subject to hydrolysis) is 1. The molecule has 0 aliphatic heterocycles. The van der Waals surface area contributed by atoms with Gasteiger partial charge in [0.2, 0.25) is 0 Å². The smallest absolute Gasteiger partial charge is 0.417 e. The number of amides is 1. The fourth-order valence-electron chi connectivity index (χ4n) is 1.86. The van der Waals surface area contributed by atoms with Crippen LogP contribution in [0.1, 0.15) is 16.7 Å². The predicted molar refractivity (Wildman–Crippen MR) is 90.7 cm³/mol. The highest BCUT2D eigenvalue weighted by Gasteiger charge is 2.32. The maximum Gasteiger partial charge on any atom is 0.417 e. The molecule has 0 heterocycles. The topological polar surface area (TPSA) is 38.3 Å². The van der Waals surface area contributed by atoms with E-state index in [4.69, 9.17) is 4.74 Å². The van der Waals surface area contributed by atoms with E-state index in [-0.39, 0.29) is 23.2 Å². The van der Waals surface area contributed by atoms with Crippen LogP contribution in [0, 0.1) is 11.8 Å². The van der Waals surface area contributed by atoms with E-state index in [1.54, 1.807) is 0 Å². The second-order valence-electron chi connectivity index (χ2n) is 4.91. The lowest BCUT2D eigenvalue weighted by Crippen LogP contribution is -2.24. The molecular weight excluding hydrogens is 399 g/mol. The van der Waals surface area contributed by atoms with Crippen molar-refractivity contribution in [2.75, 3.05) is 6.54 Å². The molecule has 0 aliphatic rings. The summed E-state index contributed by atoms with van der Waals surface area (Å²) >= 11 is 2.86. The van der Waals surface area contributed by atoms with Crippen molar-refractivity contribution in [1.29, 1.82) is 0 Å². The minimum absolute atomic E-state index is 0.0367. The maximum atomic E-state index is 12.8. The standard InChI is InChI=1S/C18H13BrF3NO2/c19-16-9-8-13(11-15(16)18(20,21)22)7-4-10-23-17(24)25-12-14-5-2-1-3-6-14/h1-3,5-6,8-9,11H,10,12H2,(H,23,24). The summed E-state index contributed by atoms with van der Waals surface area (Å²) in [6.45, 7) is 0.0901. The number of hydrogen-bond acceptors (Lipinski definition) is 2. The van der Waals surface area contributed by atoms with Gasteiger partial charge in [-0.15, -0.1) is 0 Å². The van der Waals surface area contributed by atoms with Gasteiger partial charge in [-0.3, -0.25) is 0 Å². The van der Waals surface area contributed by atoms with Crippen LogP contribution in [0.2, 0.25) is 0 Å². The van der Waals surface area contributed by atoms with Gasteiger partial charge in [0, 0.05) is 10.0 Å². The van der Waals surface area contributed by atoms with Gasteiger partial charge in [-0.1, -0.05) is 58.1 Å². The number of rotatable bonds is 3. The van der Waals surface area contributed by atoms with E-state index < -0.39 is 17.8 Å². The molecule has 1 amide bonds. The predicted octanol–water partition coefficient (Wildman–Crippen LogP) is 4.75. The Kier molecular flexibility index (Phi) is 6.48. The Morgan fingerprint density at radius 1 is 1.16 bits per heavy atom. The van der Waals surface area contributed by atoms with Crippen LogP contribution in [-0.4, -0.2) is 12.6 Å². The van der Waals surface area contributed by atoms with Crippen LogP contribution in [0.5, 0.6) is 0 Å². The van der Waals surface area contributed by atoms with Crippen molar-refractivity contribution in [3.05, 3.63) is 69.7 Å². The third-order valence-corrected chi connectivity index (χ3v) is 3.73. The average molecular weight is 412 g/mol.